The molecule has 2 heterocycles. The number of hydrogen-bond donors (Lipinski definition) is 2. The number of rotatable bonds is 7. The van der Waals surface area contributed by atoms with E-state index in [9.17, 15) is 4.79 Å². The number of nitrogens with one attached hydrogen (secondary N) is 2. The van der Waals surface area contributed by atoms with E-state index in [1.54, 1.807) is 18.7 Å². The van der Waals surface area contributed by atoms with Crippen molar-refractivity contribution in [3.8, 4) is 0 Å². The predicted octanol–water partition coefficient (Wildman–Crippen LogP) is 2.07. The summed E-state index contributed by atoms with van der Waals surface area (Å²) < 4.78 is 1.41. The van der Waals surface area contributed by atoms with Crippen LogP contribution >= 0.6 is 11.6 Å². The zero-order valence-corrected chi connectivity index (χ0v) is 12.2. The Bertz CT molecular complexity index is 593. The molecule has 2 rings (SSSR count). The lowest BCUT2D eigenvalue weighted by Gasteiger charge is -2.09. The first kappa shape index (κ1) is 14.6. The molecule has 7 heteroatoms. The van der Waals surface area contributed by atoms with Gasteiger partial charge in [-0.1, -0.05) is 24.9 Å². The molecule has 0 saturated heterocycles. The van der Waals surface area contributed by atoms with Crippen LogP contribution in [0.4, 0.5) is 5.69 Å². The molecule has 0 bridgehead atoms. The van der Waals surface area contributed by atoms with Crippen molar-refractivity contribution in [2.75, 3.05) is 11.9 Å². The number of aromatic nitrogens is 4. The minimum Gasteiger partial charge on any atom is -0.382 e. The first-order chi connectivity index (χ1) is 9.72. The summed E-state index contributed by atoms with van der Waals surface area (Å²) in [7, 11) is 0. The second kappa shape index (κ2) is 7.09. The molecule has 0 spiro atoms. The van der Waals surface area contributed by atoms with Gasteiger partial charge in [0.05, 0.1) is 18.2 Å². The fourth-order valence-electron chi connectivity index (χ4n) is 1.81. The van der Waals surface area contributed by atoms with E-state index in [-0.39, 0.29) is 10.6 Å². The van der Waals surface area contributed by atoms with Gasteiger partial charge in [-0.2, -0.15) is 5.10 Å². The molecule has 0 radical (unpaired) electrons. The number of aromatic amines is 1. The number of aryl methyl sites for hydroxylation is 1. The standard InChI is InChI=1S/C13H18ClN5O/c1-2-3-6-19-13(20)12(14)11(8-18-19)16-5-4-10-7-15-9-17-10/h7-9,16H,2-6H2,1H3,(H,15,17). The molecule has 0 unspecified atom stereocenters. The minimum atomic E-state index is -0.244. The summed E-state index contributed by atoms with van der Waals surface area (Å²) >= 11 is 6.08. The molecule has 108 valence electrons. The van der Waals surface area contributed by atoms with Gasteiger partial charge >= 0.3 is 0 Å². The van der Waals surface area contributed by atoms with Crippen LogP contribution in [-0.4, -0.2) is 26.3 Å². The molecule has 0 amide bonds. The zero-order chi connectivity index (χ0) is 14.4. The molecule has 2 N–H and O–H groups in total. The molecule has 0 saturated carbocycles. The number of nitrogens with zero attached hydrogens (tertiary/aromatic N) is 3. The zero-order valence-electron chi connectivity index (χ0n) is 11.4. The van der Waals surface area contributed by atoms with Crippen LogP contribution < -0.4 is 10.9 Å². The van der Waals surface area contributed by atoms with Crippen LogP contribution in [0, 0.1) is 0 Å². The van der Waals surface area contributed by atoms with Crippen molar-refractivity contribution >= 4 is 17.3 Å². The molecule has 0 atom stereocenters. The van der Waals surface area contributed by atoms with Crippen LogP contribution in [0.3, 0.4) is 0 Å². The molecular formula is C13H18ClN5O. The van der Waals surface area contributed by atoms with Gasteiger partial charge in [0.1, 0.15) is 5.02 Å². The SMILES string of the molecule is CCCCn1ncc(NCCc2cnc[nH]2)c(Cl)c1=O. The fraction of sp³-hybridized carbons (Fsp3) is 0.462. The maximum absolute atomic E-state index is 12.0. The number of unbranched alkanes of at least 4 members (excludes halogenated alkanes) is 1. The predicted molar refractivity (Wildman–Crippen MR) is 79.2 cm³/mol. The Kier molecular flexibility index (Phi) is 5.17. The molecule has 0 aliphatic carbocycles. The summed E-state index contributed by atoms with van der Waals surface area (Å²) in [6.45, 7) is 3.32. The highest BCUT2D eigenvalue weighted by atomic mass is 35.5. The van der Waals surface area contributed by atoms with Gasteiger partial charge < -0.3 is 10.3 Å². The van der Waals surface area contributed by atoms with E-state index in [0.717, 1.165) is 25.0 Å². The summed E-state index contributed by atoms with van der Waals surface area (Å²) in [5, 5.41) is 7.44. The van der Waals surface area contributed by atoms with E-state index in [0.29, 0.717) is 18.8 Å². The number of hydrogen-bond acceptors (Lipinski definition) is 4. The number of H-pyrrole nitrogens is 1. The van der Waals surface area contributed by atoms with Crippen molar-refractivity contribution in [1.82, 2.24) is 19.7 Å². The van der Waals surface area contributed by atoms with Gasteiger partial charge in [0.2, 0.25) is 0 Å². The van der Waals surface area contributed by atoms with Crippen molar-refractivity contribution < 1.29 is 0 Å². The molecule has 2 aromatic heterocycles. The first-order valence-electron chi connectivity index (χ1n) is 6.69. The summed E-state index contributed by atoms with van der Waals surface area (Å²) in [6, 6.07) is 0. The number of anilines is 1. The largest absolute Gasteiger partial charge is 0.382 e. The van der Waals surface area contributed by atoms with Gasteiger partial charge in [0.15, 0.2) is 0 Å². The van der Waals surface area contributed by atoms with E-state index in [4.69, 9.17) is 11.6 Å². The minimum absolute atomic E-state index is 0.195. The third-order valence-corrected chi connectivity index (χ3v) is 3.34. The third kappa shape index (κ3) is 3.60. The maximum atomic E-state index is 12.0. The van der Waals surface area contributed by atoms with Gasteiger partial charge in [-0.05, 0) is 6.42 Å². The van der Waals surface area contributed by atoms with Crippen molar-refractivity contribution in [3.63, 3.8) is 0 Å². The first-order valence-corrected chi connectivity index (χ1v) is 7.07. The Morgan fingerprint density at radius 1 is 1.45 bits per heavy atom. The van der Waals surface area contributed by atoms with Crippen LogP contribution in [0.1, 0.15) is 25.5 Å². The van der Waals surface area contributed by atoms with Crippen LogP contribution in [0.2, 0.25) is 5.02 Å². The molecule has 0 aliphatic rings. The number of imidazole rings is 1. The van der Waals surface area contributed by atoms with Crippen LogP contribution in [0.5, 0.6) is 0 Å². The van der Waals surface area contributed by atoms with E-state index < -0.39 is 0 Å². The van der Waals surface area contributed by atoms with Crippen molar-refractivity contribution in [1.29, 1.82) is 0 Å². The normalized spacial score (nSPS) is 10.7. The summed E-state index contributed by atoms with van der Waals surface area (Å²) in [4.78, 5) is 19.0. The monoisotopic (exact) mass is 295 g/mol. The van der Waals surface area contributed by atoms with Crippen molar-refractivity contribution in [3.05, 3.63) is 39.8 Å². The highest BCUT2D eigenvalue weighted by Crippen LogP contribution is 2.15. The van der Waals surface area contributed by atoms with Crippen molar-refractivity contribution in [2.24, 2.45) is 0 Å². The van der Waals surface area contributed by atoms with Gasteiger partial charge in [-0.25, -0.2) is 9.67 Å². The Morgan fingerprint density at radius 2 is 2.30 bits per heavy atom. The molecule has 0 aliphatic heterocycles. The maximum Gasteiger partial charge on any atom is 0.287 e. The lowest BCUT2D eigenvalue weighted by atomic mass is 10.3. The summed E-state index contributed by atoms with van der Waals surface area (Å²) in [5.41, 5.74) is 1.36. The average Bonchev–Trinajstić information content (AvgIpc) is 2.96. The Hall–Kier alpha value is -1.82. The molecule has 6 nitrogen and oxygen atoms in total. The third-order valence-electron chi connectivity index (χ3n) is 2.97. The quantitative estimate of drug-likeness (QED) is 0.820. The van der Waals surface area contributed by atoms with Crippen LogP contribution in [0.25, 0.3) is 0 Å². The van der Waals surface area contributed by atoms with Gasteiger partial charge in [-0.15, -0.1) is 0 Å². The van der Waals surface area contributed by atoms with E-state index in [2.05, 4.69) is 27.3 Å². The lowest BCUT2D eigenvalue weighted by Crippen LogP contribution is -2.24. The smallest absolute Gasteiger partial charge is 0.287 e. The Labute approximate surface area is 122 Å². The molecule has 20 heavy (non-hydrogen) atoms. The average molecular weight is 296 g/mol. The van der Waals surface area contributed by atoms with Crippen molar-refractivity contribution in [2.45, 2.75) is 32.7 Å². The molecule has 2 aromatic rings. The molecule has 0 aromatic carbocycles. The van der Waals surface area contributed by atoms with E-state index in [1.165, 1.54) is 4.68 Å². The van der Waals surface area contributed by atoms with Crippen LogP contribution in [-0.2, 0) is 13.0 Å². The van der Waals surface area contributed by atoms with E-state index in [1.807, 2.05) is 0 Å². The van der Waals surface area contributed by atoms with Gasteiger partial charge in [-0.3, -0.25) is 4.79 Å². The van der Waals surface area contributed by atoms with Crippen LogP contribution in [0.15, 0.2) is 23.5 Å². The Morgan fingerprint density at radius 3 is 3.00 bits per heavy atom. The lowest BCUT2D eigenvalue weighted by molar-refractivity contribution is 0.543. The molecule has 0 fully saturated rings. The summed E-state index contributed by atoms with van der Waals surface area (Å²) in [5.74, 6) is 0. The van der Waals surface area contributed by atoms with Gasteiger partial charge in [0, 0.05) is 31.4 Å². The fourth-order valence-corrected chi connectivity index (χ4v) is 2.02. The highest BCUT2D eigenvalue weighted by Gasteiger charge is 2.08. The second-order valence-electron chi connectivity index (χ2n) is 4.51. The molecular weight excluding hydrogens is 278 g/mol. The van der Waals surface area contributed by atoms with Gasteiger partial charge in [0.25, 0.3) is 5.56 Å². The highest BCUT2D eigenvalue weighted by molar-refractivity contribution is 6.32. The number of halogens is 1. The second-order valence-corrected chi connectivity index (χ2v) is 4.89. The summed E-state index contributed by atoms with van der Waals surface area (Å²) in [6.07, 6.45) is 7.70. The topological polar surface area (TPSA) is 75.6 Å². The Balaban J connectivity index is 1.98. The van der Waals surface area contributed by atoms with E-state index >= 15 is 0 Å².